The number of aliphatic hydroxyl groups is 1. The molecule has 2 rings (SSSR count). The third kappa shape index (κ3) is 15.7. The molecule has 0 unspecified atom stereocenters. The first-order valence-corrected chi connectivity index (χ1v) is 17.4. The van der Waals surface area contributed by atoms with Crippen LogP contribution < -0.4 is 21.4 Å². The van der Waals surface area contributed by atoms with Crippen LogP contribution in [0.15, 0.2) is 30.3 Å². The van der Waals surface area contributed by atoms with E-state index >= 15 is 0 Å². The maximum Gasteiger partial charge on any atom is 0.408 e. The summed E-state index contributed by atoms with van der Waals surface area (Å²) in [5.41, 5.74) is 1.85. The smallest absolute Gasteiger partial charge is 0.408 e. The molecule has 0 bridgehead atoms. The quantitative estimate of drug-likeness (QED) is 0.0471. The van der Waals surface area contributed by atoms with E-state index in [1.165, 1.54) is 6.92 Å². The molecule has 1 aliphatic heterocycles. The molecule has 19 heteroatoms. The van der Waals surface area contributed by atoms with Crippen LogP contribution in [0.3, 0.4) is 0 Å². The van der Waals surface area contributed by atoms with Crippen LogP contribution in [0.1, 0.15) is 73.3 Å². The first-order chi connectivity index (χ1) is 25.2. The number of hydrogen-bond donors (Lipinski definition) is 6. The van der Waals surface area contributed by atoms with E-state index in [9.17, 15) is 48.6 Å². The molecule has 1 heterocycles. The van der Waals surface area contributed by atoms with E-state index < -0.39 is 96.2 Å². The van der Waals surface area contributed by atoms with Gasteiger partial charge in [0.15, 0.2) is 12.2 Å². The maximum absolute atomic E-state index is 13.7. The van der Waals surface area contributed by atoms with E-state index in [2.05, 4.69) is 16.0 Å². The lowest BCUT2D eigenvalue weighted by atomic mass is 10.0. The normalized spacial score (nSPS) is 17.1. The van der Waals surface area contributed by atoms with Crippen molar-refractivity contribution in [1.82, 2.24) is 26.4 Å². The SMILES string of the molecule is CCOC(=O)[C@H]1O[C@@H]1C(=O)N(CC(=O)O)NC(=O)[C@@H](NC(=O)[C@H](CCC(=O)OC(C)(C)C)NC(=O)[C@H](CC(C)C)NC(=O)OCc1ccccc1)[C@@H](C)O. The number of carboxylic acid groups (broad SMARTS) is 1. The number of esters is 2. The minimum atomic E-state index is -1.85. The molecule has 0 aromatic heterocycles. The highest BCUT2D eigenvalue weighted by atomic mass is 16.6. The summed E-state index contributed by atoms with van der Waals surface area (Å²) in [5, 5.41) is 27.4. The minimum absolute atomic E-state index is 0.0135. The van der Waals surface area contributed by atoms with E-state index in [0.717, 1.165) is 6.92 Å². The fourth-order valence-corrected chi connectivity index (χ4v) is 4.83. The van der Waals surface area contributed by atoms with E-state index in [-0.39, 0.29) is 38.4 Å². The zero-order chi connectivity index (χ0) is 40.7. The number of rotatable bonds is 19. The summed E-state index contributed by atoms with van der Waals surface area (Å²) in [6, 6.07) is 4.20. The lowest BCUT2D eigenvalue weighted by molar-refractivity contribution is -0.155. The molecule has 5 amide bonds. The van der Waals surface area contributed by atoms with E-state index in [4.69, 9.17) is 18.9 Å². The largest absolute Gasteiger partial charge is 0.480 e. The van der Waals surface area contributed by atoms with Crippen LogP contribution in [0.25, 0.3) is 0 Å². The van der Waals surface area contributed by atoms with Crippen molar-refractivity contribution >= 4 is 47.6 Å². The number of hydrogen-bond acceptors (Lipinski definition) is 13. The maximum atomic E-state index is 13.7. The second kappa shape index (κ2) is 20.8. The number of alkyl carbamates (subject to hydrolysis) is 1. The summed E-state index contributed by atoms with van der Waals surface area (Å²) in [6.07, 6.45) is -5.98. The molecule has 300 valence electrons. The number of amides is 5. The highest BCUT2D eigenvalue weighted by Gasteiger charge is 2.53. The molecular formula is C35H51N5O14. The van der Waals surface area contributed by atoms with Gasteiger partial charge in [-0.25, -0.2) is 14.6 Å². The van der Waals surface area contributed by atoms with Gasteiger partial charge < -0.3 is 45.1 Å². The number of carbonyl (C=O) groups is 8. The van der Waals surface area contributed by atoms with Gasteiger partial charge in [0.05, 0.1) is 12.7 Å². The van der Waals surface area contributed by atoms with Crippen LogP contribution in [0, 0.1) is 5.92 Å². The van der Waals surface area contributed by atoms with Gasteiger partial charge in [-0.2, -0.15) is 0 Å². The molecule has 0 saturated carbocycles. The van der Waals surface area contributed by atoms with E-state index in [1.54, 1.807) is 65.0 Å². The molecule has 1 aromatic rings. The van der Waals surface area contributed by atoms with Crippen LogP contribution >= 0.6 is 0 Å². The Balaban J connectivity index is 2.26. The van der Waals surface area contributed by atoms with Crippen LogP contribution in [0.4, 0.5) is 4.79 Å². The Labute approximate surface area is 312 Å². The molecule has 54 heavy (non-hydrogen) atoms. The van der Waals surface area contributed by atoms with Crippen molar-refractivity contribution in [3.63, 3.8) is 0 Å². The molecule has 6 atom stereocenters. The summed E-state index contributed by atoms with van der Waals surface area (Å²) >= 11 is 0. The van der Waals surface area contributed by atoms with Crippen molar-refractivity contribution in [2.75, 3.05) is 13.2 Å². The Morgan fingerprint density at radius 3 is 2.06 bits per heavy atom. The third-order valence-corrected chi connectivity index (χ3v) is 7.34. The second-order valence-electron chi connectivity index (χ2n) is 13.8. The van der Waals surface area contributed by atoms with Crippen molar-refractivity contribution in [2.24, 2.45) is 5.92 Å². The van der Waals surface area contributed by atoms with Crippen LogP contribution in [0.5, 0.6) is 0 Å². The number of epoxide rings is 1. The Morgan fingerprint density at radius 2 is 1.50 bits per heavy atom. The first kappa shape index (κ1) is 44.9. The average molecular weight is 766 g/mol. The van der Waals surface area contributed by atoms with Gasteiger partial charge in [-0.15, -0.1) is 0 Å². The van der Waals surface area contributed by atoms with Gasteiger partial charge in [-0.05, 0) is 58.9 Å². The fraction of sp³-hybridized carbons (Fsp3) is 0.600. The summed E-state index contributed by atoms with van der Waals surface area (Å²) in [7, 11) is 0. The van der Waals surface area contributed by atoms with Gasteiger partial charge in [0.1, 0.15) is 36.9 Å². The molecule has 1 aliphatic rings. The van der Waals surface area contributed by atoms with Crippen LogP contribution in [0.2, 0.25) is 0 Å². The molecule has 0 spiro atoms. The average Bonchev–Trinajstić information content (AvgIpc) is 3.87. The highest BCUT2D eigenvalue weighted by Crippen LogP contribution is 2.25. The molecule has 1 aromatic carbocycles. The zero-order valence-corrected chi connectivity index (χ0v) is 31.4. The standard InChI is InChI=1S/C35H51N5O14/c1-8-51-33(49)28-27(53-28)32(48)40(17-24(42)43)39-31(47)26(20(4)41)38-29(45)22(14-15-25(44)54-35(5,6)7)36-30(46)23(16-19(2)3)37-34(50)52-18-21-12-10-9-11-13-21/h9-13,19-20,22-23,26-28,41H,8,14-18H2,1-7H3,(H,36,46)(H,37,50)(H,38,45)(H,39,47)(H,42,43)/t20-,22+,23+,26+,27+,28+/m1/s1. The van der Waals surface area contributed by atoms with E-state index in [1.807, 2.05) is 5.43 Å². The van der Waals surface area contributed by atoms with Crippen molar-refractivity contribution in [3.05, 3.63) is 35.9 Å². The number of nitrogens with one attached hydrogen (secondary N) is 4. The molecular weight excluding hydrogens is 714 g/mol. The lowest BCUT2D eigenvalue weighted by Gasteiger charge is -2.28. The second-order valence-corrected chi connectivity index (χ2v) is 13.8. The van der Waals surface area contributed by atoms with E-state index in [0.29, 0.717) is 10.6 Å². The first-order valence-electron chi connectivity index (χ1n) is 17.4. The number of aliphatic carboxylic acids is 1. The Hall–Kier alpha value is -5.30. The van der Waals surface area contributed by atoms with Crippen molar-refractivity contribution in [2.45, 2.75) is 116 Å². The summed E-state index contributed by atoms with van der Waals surface area (Å²) in [4.78, 5) is 102. The fourth-order valence-electron chi connectivity index (χ4n) is 4.83. The molecule has 0 aliphatic carbocycles. The molecule has 1 fully saturated rings. The van der Waals surface area contributed by atoms with Crippen molar-refractivity contribution in [1.29, 1.82) is 0 Å². The number of ether oxygens (including phenoxy) is 4. The molecule has 19 nitrogen and oxygen atoms in total. The third-order valence-electron chi connectivity index (χ3n) is 7.34. The zero-order valence-electron chi connectivity index (χ0n) is 31.4. The Bertz CT molecular complexity index is 1500. The Morgan fingerprint density at radius 1 is 0.870 bits per heavy atom. The van der Waals surface area contributed by atoms with Gasteiger partial charge in [0.25, 0.3) is 11.8 Å². The predicted octanol–water partition coefficient (Wildman–Crippen LogP) is 0.0747. The Kier molecular flexibility index (Phi) is 17.3. The molecule has 0 radical (unpaired) electrons. The lowest BCUT2D eigenvalue weighted by Crippen LogP contribution is -2.61. The van der Waals surface area contributed by atoms with Crippen molar-refractivity contribution in [3.8, 4) is 0 Å². The minimum Gasteiger partial charge on any atom is -0.480 e. The molecule has 6 N–H and O–H groups in total. The summed E-state index contributed by atoms with van der Waals surface area (Å²) in [5.74, 6) is -7.54. The van der Waals surface area contributed by atoms with Crippen molar-refractivity contribution < 1.29 is 67.5 Å². The van der Waals surface area contributed by atoms with Gasteiger partial charge in [0, 0.05) is 6.42 Å². The topological polar surface area (TPSA) is 269 Å². The van der Waals surface area contributed by atoms with Crippen LogP contribution in [-0.4, -0.2) is 118 Å². The van der Waals surface area contributed by atoms with Gasteiger partial charge in [-0.3, -0.25) is 34.2 Å². The number of nitrogens with zero attached hydrogens (tertiary/aromatic N) is 1. The monoisotopic (exact) mass is 765 g/mol. The number of aliphatic hydroxyl groups excluding tert-OH is 1. The van der Waals surface area contributed by atoms with Gasteiger partial charge in [-0.1, -0.05) is 44.2 Å². The molecule has 1 saturated heterocycles. The highest BCUT2D eigenvalue weighted by molar-refractivity contribution is 5.97. The number of benzene rings is 1. The van der Waals surface area contributed by atoms with Gasteiger partial charge in [0.2, 0.25) is 11.8 Å². The number of hydrazine groups is 1. The van der Waals surface area contributed by atoms with Crippen LogP contribution in [-0.2, 0) is 59.1 Å². The van der Waals surface area contributed by atoms with Gasteiger partial charge >= 0.3 is 24.0 Å². The summed E-state index contributed by atoms with van der Waals surface area (Å²) < 4.78 is 20.4. The number of carboxylic acids is 1. The predicted molar refractivity (Wildman–Crippen MR) is 186 cm³/mol. The summed E-state index contributed by atoms with van der Waals surface area (Å²) in [6.45, 7) is 9.94. The number of carbonyl (C=O) groups excluding carboxylic acids is 7.